The smallest absolute Gasteiger partial charge is 0.243 e. The number of rotatable bonds is 4. The highest BCUT2D eigenvalue weighted by atomic mass is 35.5. The molecule has 2 rings (SSSR count). The van der Waals surface area contributed by atoms with Crippen LogP contribution in [0.5, 0.6) is 0 Å². The molecule has 0 spiro atoms. The number of anilines is 1. The second-order valence-corrected chi connectivity index (χ2v) is 8.15. The highest BCUT2D eigenvalue weighted by Crippen LogP contribution is 2.35. The van der Waals surface area contributed by atoms with Gasteiger partial charge in [0.25, 0.3) is 0 Å². The van der Waals surface area contributed by atoms with Gasteiger partial charge in [-0.2, -0.15) is 0 Å². The van der Waals surface area contributed by atoms with E-state index in [1.807, 2.05) is 0 Å². The molecule has 1 aliphatic carbocycles. The fourth-order valence-electron chi connectivity index (χ4n) is 2.71. The van der Waals surface area contributed by atoms with Gasteiger partial charge in [0.2, 0.25) is 10.0 Å². The van der Waals surface area contributed by atoms with Crippen LogP contribution in [0.1, 0.15) is 39.0 Å². The number of sulfonamides is 1. The molecule has 0 heterocycles. The molecule has 1 aromatic rings. The Balaban J connectivity index is 2.19. The Kier molecular flexibility index (Phi) is 4.80. The van der Waals surface area contributed by atoms with Gasteiger partial charge in [-0.3, -0.25) is 0 Å². The van der Waals surface area contributed by atoms with Gasteiger partial charge in [-0.15, -0.1) is 0 Å². The van der Waals surface area contributed by atoms with Crippen molar-refractivity contribution in [3.63, 3.8) is 0 Å². The Morgan fingerprint density at radius 3 is 2.57 bits per heavy atom. The molecule has 0 aromatic heterocycles. The average Bonchev–Trinajstić information content (AvgIpc) is 2.42. The van der Waals surface area contributed by atoms with Crippen molar-refractivity contribution in [1.29, 1.82) is 0 Å². The topological polar surface area (TPSA) is 72.2 Å². The monoisotopic (exact) mass is 334 g/mol. The first-order valence-corrected chi connectivity index (χ1v) is 8.84. The number of hydrogen-bond donors (Lipinski definition) is 2. The zero-order valence-electron chi connectivity index (χ0n) is 12.0. The first-order chi connectivity index (χ1) is 9.73. The summed E-state index contributed by atoms with van der Waals surface area (Å²) in [5, 5.41) is -0.292. The van der Waals surface area contributed by atoms with E-state index >= 15 is 0 Å². The zero-order chi connectivity index (χ0) is 15.7. The summed E-state index contributed by atoms with van der Waals surface area (Å²) in [6.07, 6.45) is 5.31. The number of nitrogens with two attached hydrogens (primary N) is 1. The minimum atomic E-state index is -3.96. The molecule has 1 saturated carbocycles. The molecule has 0 bridgehead atoms. The molecule has 1 aliphatic rings. The summed E-state index contributed by atoms with van der Waals surface area (Å²) < 4.78 is 41.0. The Morgan fingerprint density at radius 1 is 1.33 bits per heavy atom. The molecule has 21 heavy (non-hydrogen) atoms. The number of nitrogen functional groups attached to an aromatic ring is 1. The van der Waals surface area contributed by atoms with Crippen LogP contribution in [0, 0.1) is 11.2 Å². The summed E-state index contributed by atoms with van der Waals surface area (Å²) in [5.74, 6) is -0.966. The Labute approximate surface area is 129 Å². The third-order valence-corrected chi connectivity index (χ3v) is 5.73. The van der Waals surface area contributed by atoms with Gasteiger partial charge in [0, 0.05) is 12.2 Å². The number of benzene rings is 1. The van der Waals surface area contributed by atoms with Gasteiger partial charge in [0.05, 0.1) is 5.02 Å². The van der Waals surface area contributed by atoms with Gasteiger partial charge >= 0.3 is 0 Å². The van der Waals surface area contributed by atoms with E-state index in [-0.39, 0.29) is 16.1 Å². The lowest BCUT2D eigenvalue weighted by Gasteiger charge is -2.33. The van der Waals surface area contributed by atoms with Crippen LogP contribution in [0.2, 0.25) is 5.02 Å². The van der Waals surface area contributed by atoms with Crippen molar-refractivity contribution >= 4 is 27.3 Å². The molecule has 4 nitrogen and oxygen atoms in total. The third kappa shape index (κ3) is 3.87. The molecular weight excluding hydrogens is 315 g/mol. The Hall–Kier alpha value is -0.850. The van der Waals surface area contributed by atoms with Crippen molar-refractivity contribution in [3.05, 3.63) is 23.0 Å². The van der Waals surface area contributed by atoms with Crippen LogP contribution in [0.15, 0.2) is 17.0 Å². The van der Waals surface area contributed by atoms with E-state index in [0.29, 0.717) is 6.54 Å². The Bertz CT molecular complexity index is 628. The van der Waals surface area contributed by atoms with Crippen LogP contribution >= 0.6 is 11.6 Å². The molecule has 0 unspecified atom stereocenters. The SMILES string of the molecule is CC1(CNS(=O)(=O)c2cc(N)cc(Cl)c2F)CCCCC1. The lowest BCUT2D eigenvalue weighted by Crippen LogP contribution is -2.37. The van der Waals surface area contributed by atoms with Crippen LogP contribution in [0.3, 0.4) is 0 Å². The van der Waals surface area contributed by atoms with Gasteiger partial charge < -0.3 is 5.73 Å². The zero-order valence-corrected chi connectivity index (χ0v) is 13.5. The van der Waals surface area contributed by atoms with Crippen molar-refractivity contribution in [2.24, 2.45) is 5.41 Å². The summed E-state index contributed by atoms with van der Waals surface area (Å²) in [4.78, 5) is -0.494. The van der Waals surface area contributed by atoms with Gasteiger partial charge in [-0.1, -0.05) is 37.8 Å². The normalized spacial score (nSPS) is 18.6. The maximum atomic E-state index is 13.9. The van der Waals surface area contributed by atoms with Crippen molar-refractivity contribution < 1.29 is 12.8 Å². The number of hydrogen-bond acceptors (Lipinski definition) is 3. The van der Waals surface area contributed by atoms with E-state index in [2.05, 4.69) is 11.6 Å². The molecule has 0 atom stereocenters. The quantitative estimate of drug-likeness (QED) is 0.830. The average molecular weight is 335 g/mol. The summed E-state index contributed by atoms with van der Waals surface area (Å²) in [5.41, 5.74) is 5.59. The van der Waals surface area contributed by atoms with E-state index in [9.17, 15) is 12.8 Å². The van der Waals surface area contributed by atoms with Crippen molar-refractivity contribution in [2.75, 3.05) is 12.3 Å². The van der Waals surface area contributed by atoms with Crippen molar-refractivity contribution in [3.8, 4) is 0 Å². The fourth-order valence-corrected chi connectivity index (χ4v) is 4.32. The van der Waals surface area contributed by atoms with Crippen molar-refractivity contribution in [1.82, 2.24) is 4.72 Å². The van der Waals surface area contributed by atoms with Crippen LogP contribution in [0.25, 0.3) is 0 Å². The van der Waals surface area contributed by atoms with Gasteiger partial charge in [0.15, 0.2) is 5.82 Å². The molecule has 0 radical (unpaired) electrons. The maximum absolute atomic E-state index is 13.9. The predicted octanol–water partition coefficient (Wildman–Crippen LogP) is 3.31. The summed E-state index contributed by atoms with van der Waals surface area (Å²) in [6.45, 7) is 2.35. The molecule has 0 aliphatic heterocycles. The van der Waals surface area contributed by atoms with Crippen LogP contribution < -0.4 is 10.5 Å². The number of nitrogens with one attached hydrogen (secondary N) is 1. The van der Waals surface area contributed by atoms with Crippen LogP contribution in [-0.4, -0.2) is 15.0 Å². The van der Waals surface area contributed by atoms with Crippen LogP contribution in [-0.2, 0) is 10.0 Å². The molecule has 118 valence electrons. The highest BCUT2D eigenvalue weighted by molar-refractivity contribution is 7.89. The van der Waals surface area contributed by atoms with Gasteiger partial charge in [0.1, 0.15) is 4.90 Å². The summed E-state index contributed by atoms with van der Waals surface area (Å²) in [6, 6.07) is 2.28. The van der Waals surface area contributed by atoms with E-state index in [1.165, 1.54) is 12.5 Å². The fraction of sp³-hybridized carbons (Fsp3) is 0.571. The van der Waals surface area contributed by atoms with Crippen LogP contribution in [0.4, 0.5) is 10.1 Å². The second-order valence-electron chi connectivity index (χ2n) is 6.01. The summed E-state index contributed by atoms with van der Waals surface area (Å²) in [7, 11) is -3.96. The van der Waals surface area contributed by atoms with E-state index < -0.39 is 20.7 Å². The molecule has 1 aromatic carbocycles. The minimum Gasteiger partial charge on any atom is -0.399 e. The Morgan fingerprint density at radius 2 is 1.95 bits per heavy atom. The molecule has 1 fully saturated rings. The van der Waals surface area contributed by atoms with Gasteiger partial charge in [-0.25, -0.2) is 17.5 Å². The van der Waals surface area contributed by atoms with Gasteiger partial charge in [-0.05, 0) is 30.4 Å². The molecule has 0 amide bonds. The van der Waals surface area contributed by atoms with Crippen molar-refractivity contribution in [2.45, 2.75) is 43.9 Å². The largest absolute Gasteiger partial charge is 0.399 e. The van der Waals surface area contributed by atoms with E-state index in [0.717, 1.165) is 31.7 Å². The first kappa shape index (κ1) is 16.5. The second kappa shape index (κ2) is 6.10. The molecule has 0 saturated heterocycles. The highest BCUT2D eigenvalue weighted by Gasteiger charge is 2.30. The summed E-state index contributed by atoms with van der Waals surface area (Å²) >= 11 is 5.65. The molecule has 3 N–H and O–H groups in total. The standard InChI is InChI=1S/C14H20ClFN2O2S/c1-14(5-3-2-4-6-14)9-18-21(19,20)12-8-10(17)7-11(15)13(12)16/h7-8,18H,2-6,9,17H2,1H3. The van der Waals surface area contributed by atoms with E-state index in [4.69, 9.17) is 17.3 Å². The van der Waals surface area contributed by atoms with E-state index in [1.54, 1.807) is 0 Å². The molecule has 7 heteroatoms. The third-order valence-electron chi connectivity index (χ3n) is 4.06. The number of halogens is 2. The predicted molar refractivity (Wildman–Crippen MR) is 82.2 cm³/mol. The lowest BCUT2D eigenvalue weighted by atomic mass is 9.76. The lowest BCUT2D eigenvalue weighted by molar-refractivity contribution is 0.219. The maximum Gasteiger partial charge on any atom is 0.243 e. The minimum absolute atomic E-state index is 0.0775. The first-order valence-electron chi connectivity index (χ1n) is 6.98. The molecular formula is C14H20ClFN2O2S.